The van der Waals surface area contributed by atoms with Crippen molar-refractivity contribution < 1.29 is 19.1 Å². The highest BCUT2D eigenvalue weighted by molar-refractivity contribution is 6.00. The van der Waals surface area contributed by atoms with Crippen LogP contribution in [0.5, 0.6) is 0 Å². The van der Waals surface area contributed by atoms with Crippen molar-refractivity contribution in [3.8, 4) is 0 Å². The molecule has 1 aromatic rings. The largest absolute Gasteiger partial charge is 0.359 e. The van der Waals surface area contributed by atoms with Gasteiger partial charge < -0.3 is 20.3 Å². The lowest BCUT2D eigenvalue weighted by Crippen LogP contribution is -2.56. The van der Waals surface area contributed by atoms with E-state index in [2.05, 4.69) is 15.6 Å². The first-order chi connectivity index (χ1) is 17.6. The van der Waals surface area contributed by atoms with Gasteiger partial charge in [-0.2, -0.15) is 0 Å². The van der Waals surface area contributed by atoms with Crippen LogP contribution in [0, 0.1) is 11.8 Å². The number of ether oxygens (including phenoxy) is 1. The molecular formula is C28H36N4O4. The summed E-state index contributed by atoms with van der Waals surface area (Å²) in [6, 6.07) is 3.19. The van der Waals surface area contributed by atoms with Crippen molar-refractivity contribution in [3.05, 3.63) is 42.2 Å². The monoisotopic (exact) mass is 492 g/mol. The zero-order valence-electron chi connectivity index (χ0n) is 20.7. The van der Waals surface area contributed by atoms with Gasteiger partial charge in [-0.3, -0.25) is 19.4 Å². The summed E-state index contributed by atoms with van der Waals surface area (Å²) in [5, 5.41) is 6.45. The Morgan fingerprint density at radius 2 is 1.67 bits per heavy atom. The molecule has 5 aliphatic rings. The molecular weight excluding hydrogens is 456 g/mol. The Morgan fingerprint density at radius 1 is 1.00 bits per heavy atom. The Morgan fingerprint density at radius 3 is 2.31 bits per heavy atom. The van der Waals surface area contributed by atoms with Crippen molar-refractivity contribution in [1.82, 2.24) is 20.5 Å². The molecule has 2 saturated heterocycles. The van der Waals surface area contributed by atoms with E-state index in [1.54, 1.807) is 17.3 Å². The summed E-state index contributed by atoms with van der Waals surface area (Å²) in [5.41, 5.74) is -0.267. The minimum atomic E-state index is -1.11. The number of nitrogens with one attached hydrogen (secondary N) is 2. The van der Waals surface area contributed by atoms with Gasteiger partial charge in [-0.1, -0.05) is 56.7 Å². The molecule has 2 bridgehead atoms. The summed E-state index contributed by atoms with van der Waals surface area (Å²) >= 11 is 0. The fourth-order valence-corrected chi connectivity index (χ4v) is 7.20. The number of pyridine rings is 1. The van der Waals surface area contributed by atoms with Gasteiger partial charge >= 0.3 is 0 Å². The Kier molecular flexibility index (Phi) is 6.32. The van der Waals surface area contributed by atoms with E-state index in [1.807, 2.05) is 24.3 Å². The molecule has 2 N–H and O–H groups in total. The highest BCUT2D eigenvalue weighted by Crippen LogP contribution is 2.55. The molecule has 6 rings (SSSR count). The van der Waals surface area contributed by atoms with Gasteiger partial charge in [-0.05, 0) is 37.3 Å². The minimum Gasteiger partial charge on any atom is -0.359 e. The van der Waals surface area contributed by atoms with Crippen molar-refractivity contribution in [3.63, 3.8) is 0 Å². The van der Waals surface area contributed by atoms with Crippen molar-refractivity contribution in [2.75, 3.05) is 0 Å². The van der Waals surface area contributed by atoms with Crippen LogP contribution < -0.4 is 10.6 Å². The van der Waals surface area contributed by atoms with Gasteiger partial charge in [0.05, 0.1) is 17.9 Å². The maximum atomic E-state index is 14.0. The van der Waals surface area contributed by atoms with Crippen molar-refractivity contribution in [2.45, 2.75) is 101 Å². The van der Waals surface area contributed by atoms with E-state index in [0.717, 1.165) is 56.9 Å². The predicted octanol–water partition coefficient (Wildman–Crippen LogP) is 2.63. The SMILES string of the molecule is O=C(NC1CCCCC1)[C@H]1[C@H]2C(=O)N(Cc3cccnc3)[C@H](C(=O)NC3CCCCC3)[C@@]23C=C[C@H]1O3. The van der Waals surface area contributed by atoms with Crippen LogP contribution in [0.3, 0.4) is 0 Å². The lowest BCUT2D eigenvalue weighted by molar-refractivity contribution is -0.142. The first kappa shape index (κ1) is 23.6. The van der Waals surface area contributed by atoms with Crippen LogP contribution >= 0.6 is 0 Å². The molecule has 192 valence electrons. The highest BCUT2D eigenvalue weighted by Gasteiger charge is 2.72. The van der Waals surface area contributed by atoms with Gasteiger partial charge in [0.1, 0.15) is 11.6 Å². The Labute approximate surface area is 212 Å². The molecule has 4 heterocycles. The van der Waals surface area contributed by atoms with Crippen molar-refractivity contribution >= 4 is 17.7 Å². The fraction of sp³-hybridized carbons (Fsp3) is 0.643. The van der Waals surface area contributed by atoms with Crippen molar-refractivity contribution in [1.29, 1.82) is 0 Å². The molecule has 3 aliphatic heterocycles. The smallest absolute Gasteiger partial charge is 0.246 e. The zero-order valence-corrected chi connectivity index (χ0v) is 20.7. The maximum Gasteiger partial charge on any atom is 0.246 e. The van der Waals surface area contributed by atoms with Gasteiger partial charge in [0.2, 0.25) is 17.7 Å². The molecule has 36 heavy (non-hydrogen) atoms. The summed E-state index contributed by atoms with van der Waals surface area (Å²) in [6.07, 6.45) is 17.4. The molecule has 1 aromatic heterocycles. The van der Waals surface area contributed by atoms with E-state index in [4.69, 9.17) is 4.74 Å². The Hall–Kier alpha value is -2.74. The zero-order chi connectivity index (χ0) is 24.7. The number of carbonyl (C=O) groups excluding carboxylic acids is 3. The Bertz CT molecular complexity index is 1030. The summed E-state index contributed by atoms with van der Waals surface area (Å²) < 4.78 is 6.46. The van der Waals surface area contributed by atoms with Gasteiger partial charge in [0.15, 0.2) is 0 Å². The number of hydrogen-bond acceptors (Lipinski definition) is 5. The van der Waals surface area contributed by atoms with Crippen LogP contribution in [0.25, 0.3) is 0 Å². The quantitative estimate of drug-likeness (QED) is 0.595. The lowest BCUT2D eigenvalue weighted by Gasteiger charge is -2.34. The summed E-state index contributed by atoms with van der Waals surface area (Å²) in [6.45, 7) is 0.256. The normalized spacial score (nSPS) is 34.1. The second-order valence-electron chi connectivity index (χ2n) is 11.2. The lowest BCUT2D eigenvalue weighted by atomic mass is 9.74. The van der Waals surface area contributed by atoms with Crippen LogP contribution in [0.2, 0.25) is 0 Å². The van der Waals surface area contributed by atoms with E-state index < -0.39 is 29.6 Å². The Balaban J connectivity index is 1.30. The number of hydrogen-bond donors (Lipinski definition) is 2. The number of rotatable bonds is 6. The fourth-order valence-electron chi connectivity index (χ4n) is 7.20. The number of carbonyl (C=O) groups is 3. The summed E-state index contributed by atoms with van der Waals surface area (Å²) in [7, 11) is 0. The number of amides is 3. The maximum absolute atomic E-state index is 14.0. The molecule has 4 fully saturated rings. The average Bonchev–Trinajstić information content (AvgIpc) is 3.53. The van der Waals surface area contributed by atoms with Gasteiger partial charge in [-0.15, -0.1) is 0 Å². The molecule has 8 nitrogen and oxygen atoms in total. The van der Waals surface area contributed by atoms with Crippen LogP contribution in [0.15, 0.2) is 36.7 Å². The van der Waals surface area contributed by atoms with Crippen LogP contribution in [-0.4, -0.2) is 57.4 Å². The predicted molar refractivity (Wildman–Crippen MR) is 132 cm³/mol. The van der Waals surface area contributed by atoms with E-state index >= 15 is 0 Å². The molecule has 0 unspecified atom stereocenters. The third-order valence-electron chi connectivity index (χ3n) is 8.90. The number of likely N-dealkylation sites (tertiary alicyclic amines) is 1. The van der Waals surface area contributed by atoms with Gasteiger partial charge in [0, 0.05) is 31.0 Å². The second kappa shape index (κ2) is 9.61. The van der Waals surface area contributed by atoms with E-state index in [1.165, 1.54) is 12.8 Å². The van der Waals surface area contributed by atoms with Crippen molar-refractivity contribution in [2.24, 2.45) is 11.8 Å². The molecule has 3 amide bonds. The number of nitrogens with zero attached hydrogens (tertiary/aromatic N) is 2. The topological polar surface area (TPSA) is 101 Å². The first-order valence-corrected chi connectivity index (χ1v) is 13.7. The van der Waals surface area contributed by atoms with E-state index in [-0.39, 0.29) is 36.3 Å². The van der Waals surface area contributed by atoms with Crippen LogP contribution in [0.1, 0.15) is 69.8 Å². The average molecular weight is 493 g/mol. The van der Waals surface area contributed by atoms with Crippen LogP contribution in [-0.2, 0) is 25.7 Å². The molecule has 5 atom stereocenters. The number of fused-ring (bicyclic) bond motifs is 1. The van der Waals surface area contributed by atoms with E-state index in [9.17, 15) is 14.4 Å². The molecule has 2 saturated carbocycles. The van der Waals surface area contributed by atoms with Crippen LogP contribution in [0.4, 0.5) is 0 Å². The first-order valence-electron chi connectivity index (χ1n) is 13.7. The molecule has 8 heteroatoms. The van der Waals surface area contributed by atoms with Gasteiger partial charge in [-0.25, -0.2) is 0 Å². The molecule has 0 radical (unpaired) electrons. The highest BCUT2D eigenvalue weighted by atomic mass is 16.5. The molecule has 0 aromatic carbocycles. The second-order valence-corrected chi connectivity index (χ2v) is 11.2. The third kappa shape index (κ3) is 4.03. The third-order valence-corrected chi connectivity index (χ3v) is 8.90. The molecule has 1 spiro atoms. The van der Waals surface area contributed by atoms with Gasteiger partial charge in [0.25, 0.3) is 0 Å². The molecule has 2 aliphatic carbocycles. The number of aromatic nitrogens is 1. The summed E-state index contributed by atoms with van der Waals surface area (Å²) in [5.74, 6) is -1.80. The minimum absolute atomic E-state index is 0.116. The standard InChI is InChI=1S/C28H36N4O4/c33-25(30-19-9-3-1-4-10-19)22-21-13-14-28(36-21)23(22)27(35)32(17-18-8-7-15-29-16-18)24(28)26(34)31-20-11-5-2-6-12-20/h7-8,13-16,19-24H,1-6,9-12,17H2,(H,30,33)(H,31,34)/t21-,22-,23+,24-,28-/m1/s1. The van der Waals surface area contributed by atoms with E-state index in [0.29, 0.717) is 0 Å². The summed E-state index contributed by atoms with van der Waals surface area (Å²) in [4.78, 5) is 47.2.